The molecule has 1 saturated heterocycles. The molecular formula is C15H20BrClN2. The molecule has 1 aliphatic carbocycles. The molecule has 4 heteroatoms. The highest BCUT2D eigenvalue weighted by atomic mass is 79.9. The van der Waals surface area contributed by atoms with Gasteiger partial charge in [0.05, 0.1) is 0 Å². The summed E-state index contributed by atoms with van der Waals surface area (Å²) in [7, 11) is 0. The highest BCUT2D eigenvalue weighted by molar-refractivity contribution is 9.08. The van der Waals surface area contributed by atoms with Gasteiger partial charge in [0.25, 0.3) is 0 Å². The molecule has 0 radical (unpaired) electrons. The van der Waals surface area contributed by atoms with Crippen LogP contribution in [0.3, 0.4) is 0 Å². The summed E-state index contributed by atoms with van der Waals surface area (Å²) in [5, 5.41) is 1.69. The first kappa shape index (κ1) is 13.7. The van der Waals surface area contributed by atoms with Gasteiger partial charge in [-0.05, 0) is 36.5 Å². The third-order valence-electron chi connectivity index (χ3n) is 4.13. The predicted molar refractivity (Wildman–Crippen MR) is 85.5 cm³/mol. The molecule has 0 amide bonds. The highest BCUT2D eigenvalue weighted by Gasteiger charge is 2.26. The van der Waals surface area contributed by atoms with Gasteiger partial charge in [0.15, 0.2) is 0 Å². The van der Waals surface area contributed by atoms with Crippen LogP contribution >= 0.6 is 27.5 Å². The second-order valence-electron chi connectivity index (χ2n) is 5.64. The zero-order chi connectivity index (χ0) is 13.2. The number of anilines is 1. The van der Waals surface area contributed by atoms with Crippen molar-refractivity contribution < 1.29 is 0 Å². The molecule has 104 valence electrons. The second-order valence-corrected chi connectivity index (χ2v) is 6.61. The van der Waals surface area contributed by atoms with Gasteiger partial charge < -0.3 is 4.90 Å². The highest BCUT2D eigenvalue weighted by Crippen LogP contribution is 2.30. The maximum absolute atomic E-state index is 6.29. The first-order valence-corrected chi connectivity index (χ1v) is 8.58. The molecule has 1 aliphatic heterocycles. The third-order valence-corrected chi connectivity index (χ3v) is 5.09. The Hall–Kier alpha value is -0.250. The number of hydrogen-bond donors (Lipinski definition) is 0. The first-order valence-electron chi connectivity index (χ1n) is 7.08. The molecule has 0 atom stereocenters. The average molecular weight is 344 g/mol. The summed E-state index contributed by atoms with van der Waals surface area (Å²) in [5.41, 5.74) is 2.43. The van der Waals surface area contributed by atoms with Crippen molar-refractivity contribution in [3.63, 3.8) is 0 Å². The minimum Gasteiger partial charge on any atom is -0.369 e. The lowest BCUT2D eigenvalue weighted by atomic mass is 10.2. The lowest BCUT2D eigenvalue weighted by Gasteiger charge is -2.36. The lowest BCUT2D eigenvalue weighted by Crippen LogP contribution is -2.47. The number of benzene rings is 1. The van der Waals surface area contributed by atoms with Crippen molar-refractivity contribution in [2.45, 2.75) is 18.2 Å². The van der Waals surface area contributed by atoms with Gasteiger partial charge in [-0.2, -0.15) is 0 Å². The summed E-state index contributed by atoms with van der Waals surface area (Å²) in [4.78, 5) is 5.07. The first-order chi connectivity index (χ1) is 9.26. The van der Waals surface area contributed by atoms with E-state index in [1.807, 2.05) is 0 Å². The largest absolute Gasteiger partial charge is 0.369 e. The van der Waals surface area contributed by atoms with E-state index >= 15 is 0 Å². The Morgan fingerprint density at radius 2 is 1.89 bits per heavy atom. The lowest BCUT2D eigenvalue weighted by molar-refractivity contribution is 0.248. The topological polar surface area (TPSA) is 6.48 Å². The summed E-state index contributed by atoms with van der Waals surface area (Å²) >= 11 is 9.75. The van der Waals surface area contributed by atoms with Gasteiger partial charge >= 0.3 is 0 Å². The predicted octanol–water partition coefficient (Wildman–Crippen LogP) is 3.77. The van der Waals surface area contributed by atoms with Gasteiger partial charge in [-0.3, -0.25) is 4.90 Å². The summed E-state index contributed by atoms with van der Waals surface area (Å²) in [6, 6.07) is 6.43. The number of piperazine rings is 1. The van der Waals surface area contributed by atoms with Crippen molar-refractivity contribution in [3.8, 4) is 0 Å². The van der Waals surface area contributed by atoms with Gasteiger partial charge in [-0.1, -0.05) is 33.6 Å². The Kier molecular flexibility index (Phi) is 4.35. The van der Waals surface area contributed by atoms with Crippen LogP contribution in [0.2, 0.25) is 5.02 Å². The monoisotopic (exact) mass is 342 g/mol. The van der Waals surface area contributed by atoms with Gasteiger partial charge in [-0.25, -0.2) is 0 Å². The van der Waals surface area contributed by atoms with Crippen molar-refractivity contribution in [2.75, 3.05) is 37.6 Å². The number of nitrogens with zero attached hydrogens (tertiary/aromatic N) is 2. The van der Waals surface area contributed by atoms with Crippen LogP contribution in [-0.2, 0) is 5.33 Å². The summed E-state index contributed by atoms with van der Waals surface area (Å²) < 4.78 is 0. The van der Waals surface area contributed by atoms with E-state index < -0.39 is 0 Å². The molecule has 2 fully saturated rings. The molecule has 19 heavy (non-hydrogen) atoms. The number of halogens is 2. The molecule has 1 aromatic rings. The van der Waals surface area contributed by atoms with Gasteiger partial charge in [0.2, 0.25) is 0 Å². The molecule has 2 nitrogen and oxygen atoms in total. The standard InChI is InChI=1S/C15H20BrClN2/c16-10-13-3-4-14(9-15(13)17)19-7-5-18(6-8-19)11-12-1-2-12/h3-4,9,12H,1-2,5-8,10-11H2. The Bertz CT molecular complexity index is 440. The molecule has 1 aromatic carbocycles. The maximum atomic E-state index is 6.29. The van der Waals surface area contributed by atoms with E-state index in [4.69, 9.17) is 11.6 Å². The number of hydrogen-bond acceptors (Lipinski definition) is 2. The summed E-state index contributed by atoms with van der Waals surface area (Å²) in [6.45, 7) is 5.94. The van der Waals surface area contributed by atoms with Crippen molar-refractivity contribution in [1.29, 1.82) is 0 Å². The van der Waals surface area contributed by atoms with Crippen LogP contribution in [0.4, 0.5) is 5.69 Å². The molecule has 0 unspecified atom stereocenters. The van der Waals surface area contributed by atoms with E-state index in [0.717, 1.165) is 34.9 Å². The molecular weight excluding hydrogens is 324 g/mol. The van der Waals surface area contributed by atoms with E-state index in [9.17, 15) is 0 Å². The summed E-state index contributed by atoms with van der Waals surface area (Å²) in [5.74, 6) is 0.999. The van der Waals surface area contributed by atoms with Gasteiger partial charge in [-0.15, -0.1) is 0 Å². The fourth-order valence-electron chi connectivity index (χ4n) is 2.70. The zero-order valence-corrected chi connectivity index (χ0v) is 13.5. The van der Waals surface area contributed by atoms with E-state index in [2.05, 4.69) is 43.9 Å². The van der Waals surface area contributed by atoms with Crippen molar-refractivity contribution in [2.24, 2.45) is 5.92 Å². The molecule has 2 aliphatic rings. The van der Waals surface area contributed by atoms with Crippen LogP contribution in [-0.4, -0.2) is 37.6 Å². The van der Waals surface area contributed by atoms with Crippen molar-refractivity contribution in [3.05, 3.63) is 28.8 Å². The minimum absolute atomic E-state index is 0.821. The number of alkyl halides is 1. The van der Waals surface area contributed by atoms with Crippen LogP contribution < -0.4 is 4.90 Å². The average Bonchev–Trinajstić information content (AvgIpc) is 3.23. The van der Waals surface area contributed by atoms with Crippen LogP contribution in [0.1, 0.15) is 18.4 Å². The fourth-order valence-corrected chi connectivity index (χ4v) is 3.59. The van der Waals surface area contributed by atoms with Crippen LogP contribution in [0.15, 0.2) is 18.2 Å². The summed E-state index contributed by atoms with van der Waals surface area (Å²) in [6.07, 6.45) is 2.90. The molecule has 0 N–H and O–H groups in total. The molecule has 0 bridgehead atoms. The Morgan fingerprint density at radius 3 is 2.47 bits per heavy atom. The second kappa shape index (κ2) is 6.02. The van der Waals surface area contributed by atoms with Crippen LogP contribution in [0, 0.1) is 5.92 Å². The molecule has 1 heterocycles. The Morgan fingerprint density at radius 1 is 1.16 bits per heavy atom. The van der Waals surface area contributed by atoms with E-state index in [1.165, 1.54) is 38.2 Å². The van der Waals surface area contributed by atoms with Crippen molar-refractivity contribution >= 4 is 33.2 Å². The van der Waals surface area contributed by atoms with E-state index in [1.54, 1.807) is 0 Å². The molecule has 3 rings (SSSR count). The minimum atomic E-state index is 0.821. The quantitative estimate of drug-likeness (QED) is 0.768. The van der Waals surface area contributed by atoms with E-state index in [-0.39, 0.29) is 0 Å². The molecule has 0 aromatic heterocycles. The molecule has 0 spiro atoms. The normalized spacial score (nSPS) is 20.8. The smallest absolute Gasteiger partial charge is 0.0467 e. The van der Waals surface area contributed by atoms with Gasteiger partial charge in [0, 0.05) is 48.8 Å². The van der Waals surface area contributed by atoms with E-state index in [0.29, 0.717) is 0 Å². The maximum Gasteiger partial charge on any atom is 0.0467 e. The van der Waals surface area contributed by atoms with Gasteiger partial charge in [0.1, 0.15) is 0 Å². The SMILES string of the molecule is Clc1cc(N2CCN(CC3CC3)CC2)ccc1CBr. The fraction of sp³-hybridized carbons (Fsp3) is 0.600. The van der Waals surface area contributed by atoms with Crippen LogP contribution in [0.5, 0.6) is 0 Å². The third kappa shape index (κ3) is 3.45. The Balaban J connectivity index is 1.59. The number of rotatable bonds is 4. The molecule has 1 saturated carbocycles. The zero-order valence-electron chi connectivity index (χ0n) is 11.1. The van der Waals surface area contributed by atoms with Crippen molar-refractivity contribution in [1.82, 2.24) is 4.90 Å². The van der Waals surface area contributed by atoms with Crippen LogP contribution in [0.25, 0.3) is 0 Å². The Labute approximate surface area is 128 Å².